The second kappa shape index (κ2) is 3.53. The number of nitrogens with zero attached hydrogens (tertiary/aromatic N) is 3. The van der Waals surface area contributed by atoms with Gasteiger partial charge in [0.1, 0.15) is 0 Å². The van der Waals surface area contributed by atoms with Crippen molar-refractivity contribution in [2.24, 2.45) is 5.41 Å². The third-order valence-electron chi connectivity index (χ3n) is 2.90. The van der Waals surface area contributed by atoms with Gasteiger partial charge in [-0.15, -0.1) is 5.10 Å². The van der Waals surface area contributed by atoms with E-state index in [2.05, 4.69) is 32.9 Å². The average Bonchev–Trinajstić information content (AvgIpc) is 2.73. The van der Waals surface area contributed by atoms with Crippen molar-refractivity contribution in [3.63, 3.8) is 0 Å². The first-order valence-electron chi connectivity index (χ1n) is 4.95. The summed E-state index contributed by atoms with van der Waals surface area (Å²) in [5, 5.41) is 4.09. The first-order chi connectivity index (χ1) is 6.59. The summed E-state index contributed by atoms with van der Waals surface area (Å²) in [4.78, 5) is 3.99. The minimum atomic E-state index is 0.342. The molecule has 1 aliphatic carbocycles. The molecule has 0 unspecified atom stereocenters. The predicted octanol–water partition coefficient (Wildman–Crippen LogP) is 2.20. The SMILES string of the molecule is CC1(CCCn2nc(N)nc2Br)CC1. The van der Waals surface area contributed by atoms with E-state index in [0.29, 0.717) is 11.4 Å². The maximum Gasteiger partial charge on any atom is 0.240 e. The number of aryl methyl sites for hydroxylation is 1. The topological polar surface area (TPSA) is 56.7 Å². The van der Waals surface area contributed by atoms with Crippen molar-refractivity contribution >= 4 is 21.9 Å². The number of aromatic nitrogens is 3. The molecule has 1 fully saturated rings. The quantitative estimate of drug-likeness (QED) is 0.901. The molecule has 4 nitrogen and oxygen atoms in total. The maximum atomic E-state index is 5.48. The molecule has 78 valence electrons. The van der Waals surface area contributed by atoms with Crippen LogP contribution in [0.3, 0.4) is 0 Å². The Morgan fingerprint density at radius 3 is 2.79 bits per heavy atom. The summed E-state index contributed by atoms with van der Waals surface area (Å²) in [5.41, 5.74) is 6.10. The number of hydrogen-bond acceptors (Lipinski definition) is 3. The van der Waals surface area contributed by atoms with Crippen molar-refractivity contribution in [2.75, 3.05) is 5.73 Å². The van der Waals surface area contributed by atoms with Gasteiger partial charge in [0.05, 0.1) is 0 Å². The molecule has 2 N–H and O–H groups in total. The van der Waals surface area contributed by atoms with E-state index in [1.54, 1.807) is 0 Å². The second-order valence-electron chi connectivity index (χ2n) is 4.38. The Morgan fingerprint density at radius 2 is 2.29 bits per heavy atom. The molecule has 1 aliphatic rings. The number of hydrogen-bond donors (Lipinski definition) is 1. The molecule has 1 heterocycles. The first kappa shape index (κ1) is 9.96. The highest BCUT2D eigenvalue weighted by molar-refractivity contribution is 9.10. The lowest BCUT2D eigenvalue weighted by Crippen LogP contribution is -2.03. The Hall–Kier alpha value is -0.580. The van der Waals surface area contributed by atoms with Crippen LogP contribution in [-0.2, 0) is 6.54 Å². The fourth-order valence-electron chi connectivity index (χ4n) is 1.60. The molecule has 0 saturated heterocycles. The highest BCUT2D eigenvalue weighted by Crippen LogP contribution is 2.48. The van der Waals surface area contributed by atoms with E-state index in [1.807, 2.05) is 4.68 Å². The van der Waals surface area contributed by atoms with Crippen molar-refractivity contribution in [1.82, 2.24) is 14.8 Å². The molecule has 0 aliphatic heterocycles. The van der Waals surface area contributed by atoms with Crippen molar-refractivity contribution in [2.45, 2.75) is 39.2 Å². The molecular formula is C9H15BrN4. The molecule has 1 aromatic rings. The molecular weight excluding hydrogens is 244 g/mol. The van der Waals surface area contributed by atoms with E-state index in [1.165, 1.54) is 19.3 Å². The molecule has 5 heteroatoms. The van der Waals surface area contributed by atoms with Gasteiger partial charge in [-0.1, -0.05) is 6.92 Å². The smallest absolute Gasteiger partial charge is 0.240 e. The number of nitrogens with two attached hydrogens (primary N) is 1. The number of anilines is 1. The van der Waals surface area contributed by atoms with E-state index in [0.717, 1.165) is 17.7 Å². The number of nitrogen functional groups attached to an aromatic ring is 1. The van der Waals surface area contributed by atoms with E-state index >= 15 is 0 Å². The zero-order chi connectivity index (χ0) is 10.2. The molecule has 2 rings (SSSR count). The van der Waals surface area contributed by atoms with Gasteiger partial charge < -0.3 is 5.73 Å². The van der Waals surface area contributed by atoms with Crippen LogP contribution in [0.1, 0.15) is 32.6 Å². The molecule has 1 aromatic heterocycles. The lowest BCUT2D eigenvalue weighted by Gasteiger charge is -2.07. The predicted molar refractivity (Wildman–Crippen MR) is 58.7 cm³/mol. The molecule has 1 saturated carbocycles. The third-order valence-corrected chi connectivity index (χ3v) is 3.48. The fraction of sp³-hybridized carbons (Fsp3) is 0.778. The van der Waals surface area contributed by atoms with E-state index in [9.17, 15) is 0 Å². The van der Waals surface area contributed by atoms with Crippen molar-refractivity contribution in [3.8, 4) is 0 Å². The maximum absolute atomic E-state index is 5.48. The summed E-state index contributed by atoms with van der Waals surface area (Å²) in [6.07, 6.45) is 5.19. The zero-order valence-corrected chi connectivity index (χ0v) is 9.92. The van der Waals surface area contributed by atoms with E-state index < -0.39 is 0 Å². The van der Waals surface area contributed by atoms with E-state index in [4.69, 9.17) is 5.73 Å². The van der Waals surface area contributed by atoms with Crippen molar-refractivity contribution in [1.29, 1.82) is 0 Å². The lowest BCUT2D eigenvalue weighted by molar-refractivity contribution is 0.447. The van der Waals surface area contributed by atoms with Crippen LogP contribution in [0.4, 0.5) is 5.95 Å². The Balaban J connectivity index is 1.82. The normalized spacial score (nSPS) is 18.4. The average molecular weight is 259 g/mol. The minimum absolute atomic E-state index is 0.342. The van der Waals surface area contributed by atoms with Gasteiger partial charge in [0.15, 0.2) is 4.73 Å². The lowest BCUT2D eigenvalue weighted by atomic mass is 10.0. The van der Waals surface area contributed by atoms with Crippen LogP contribution in [0.25, 0.3) is 0 Å². The van der Waals surface area contributed by atoms with Crippen LogP contribution >= 0.6 is 15.9 Å². The van der Waals surface area contributed by atoms with Gasteiger partial charge in [-0.2, -0.15) is 4.98 Å². The van der Waals surface area contributed by atoms with Crippen molar-refractivity contribution < 1.29 is 0 Å². The summed E-state index contributed by atoms with van der Waals surface area (Å²) >= 11 is 3.32. The fourth-order valence-corrected chi connectivity index (χ4v) is 2.04. The van der Waals surface area contributed by atoms with E-state index in [-0.39, 0.29) is 0 Å². The molecule has 0 aromatic carbocycles. The molecule has 14 heavy (non-hydrogen) atoms. The molecule has 0 radical (unpaired) electrons. The Labute approximate surface area is 92.0 Å². The van der Waals surface area contributed by atoms with Gasteiger partial charge in [0.25, 0.3) is 0 Å². The standard InChI is InChI=1S/C9H15BrN4/c1-9(4-5-9)3-2-6-14-7(10)12-8(11)13-14/h2-6H2,1H3,(H2,11,13). The molecule has 0 bridgehead atoms. The van der Waals surface area contributed by atoms with Crippen LogP contribution in [0.2, 0.25) is 0 Å². The minimum Gasteiger partial charge on any atom is -0.366 e. The van der Waals surface area contributed by atoms with Gasteiger partial charge in [0.2, 0.25) is 5.95 Å². The Kier molecular flexibility index (Phi) is 2.51. The van der Waals surface area contributed by atoms with Crippen LogP contribution < -0.4 is 5.73 Å². The molecule has 0 amide bonds. The van der Waals surface area contributed by atoms with Gasteiger partial charge in [0, 0.05) is 6.54 Å². The summed E-state index contributed by atoms with van der Waals surface area (Å²) in [6, 6.07) is 0. The Bertz CT molecular complexity index is 330. The number of halogens is 1. The largest absolute Gasteiger partial charge is 0.366 e. The monoisotopic (exact) mass is 258 g/mol. The summed E-state index contributed by atoms with van der Waals surface area (Å²) in [7, 11) is 0. The van der Waals surface area contributed by atoms with Crippen LogP contribution in [0.5, 0.6) is 0 Å². The second-order valence-corrected chi connectivity index (χ2v) is 5.09. The van der Waals surface area contributed by atoms with Gasteiger partial charge in [-0.05, 0) is 47.0 Å². The van der Waals surface area contributed by atoms with Gasteiger partial charge in [-0.25, -0.2) is 4.68 Å². The van der Waals surface area contributed by atoms with Crippen molar-refractivity contribution in [3.05, 3.63) is 4.73 Å². The zero-order valence-electron chi connectivity index (χ0n) is 8.33. The highest BCUT2D eigenvalue weighted by atomic mass is 79.9. The summed E-state index contributed by atoms with van der Waals surface area (Å²) < 4.78 is 2.55. The summed E-state index contributed by atoms with van der Waals surface area (Å²) in [5.74, 6) is 0.342. The van der Waals surface area contributed by atoms with Crippen LogP contribution in [0.15, 0.2) is 4.73 Å². The van der Waals surface area contributed by atoms with Gasteiger partial charge in [-0.3, -0.25) is 0 Å². The first-order valence-corrected chi connectivity index (χ1v) is 5.74. The number of rotatable bonds is 4. The third kappa shape index (κ3) is 2.26. The van der Waals surface area contributed by atoms with Gasteiger partial charge >= 0.3 is 0 Å². The highest BCUT2D eigenvalue weighted by Gasteiger charge is 2.36. The Morgan fingerprint density at radius 1 is 1.57 bits per heavy atom. The molecule has 0 spiro atoms. The van der Waals surface area contributed by atoms with Crippen LogP contribution in [0, 0.1) is 5.41 Å². The summed E-state index contributed by atoms with van der Waals surface area (Å²) in [6.45, 7) is 3.25. The molecule has 0 atom stereocenters. The van der Waals surface area contributed by atoms with Crippen LogP contribution in [-0.4, -0.2) is 14.8 Å².